The number of phenolic OH excluding ortho intramolecular Hbond substituents is 1. The molecule has 12 heavy (non-hydrogen) atoms. The van der Waals surface area contributed by atoms with Gasteiger partial charge < -0.3 is 10.8 Å². The minimum Gasteiger partial charge on any atom is -0.507 e. The summed E-state index contributed by atoms with van der Waals surface area (Å²) in [7, 11) is 0. The predicted molar refractivity (Wildman–Crippen MR) is 43.2 cm³/mol. The summed E-state index contributed by atoms with van der Waals surface area (Å²) < 4.78 is 13.1. The van der Waals surface area contributed by atoms with E-state index in [4.69, 9.17) is 5.73 Å². The van der Waals surface area contributed by atoms with Crippen LogP contribution in [0.25, 0.3) is 0 Å². The van der Waals surface area contributed by atoms with Crippen LogP contribution in [0.15, 0.2) is 18.2 Å². The van der Waals surface area contributed by atoms with Gasteiger partial charge in [-0.1, -0.05) is 6.07 Å². The van der Waals surface area contributed by atoms with Crippen LogP contribution in [0, 0.1) is 5.82 Å². The maximum absolute atomic E-state index is 13.1. The van der Waals surface area contributed by atoms with Gasteiger partial charge in [-0.3, -0.25) is 0 Å². The van der Waals surface area contributed by atoms with Gasteiger partial charge in [0.15, 0.2) is 0 Å². The fourth-order valence-electron chi connectivity index (χ4n) is 1.39. The largest absolute Gasteiger partial charge is 0.507 e. The zero-order valence-corrected chi connectivity index (χ0v) is 6.55. The van der Waals surface area contributed by atoms with Gasteiger partial charge in [0, 0.05) is 11.1 Å². The van der Waals surface area contributed by atoms with Crippen molar-refractivity contribution in [2.24, 2.45) is 5.73 Å². The summed E-state index contributed by atoms with van der Waals surface area (Å²) in [5.41, 5.74) is 5.44. The smallest absolute Gasteiger partial charge is 0.131 e. The van der Waals surface area contributed by atoms with Crippen molar-refractivity contribution >= 4 is 0 Å². The fraction of sp³-hybridized carbons (Fsp3) is 0.333. The summed E-state index contributed by atoms with van der Waals surface area (Å²) in [5.74, 6) is -0.440. The Morgan fingerprint density at radius 3 is 2.58 bits per heavy atom. The van der Waals surface area contributed by atoms with E-state index < -0.39 is 11.4 Å². The van der Waals surface area contributed by atoms with Gasteiger partial charge in [0.1, 0.15) is 11.6 Å². The van der Waals surface area contributed by atoms with E-state index in [2.05, 4.69) is 0 Å². The highest BCUT2D eigenvalue weighted by molar-refractivity contribution is 5.42. The number of phenols is 1. The monoisotopic (exact) mass is 167 g/mol. The Hall–Kier alpha value is -1.09. The maximum Gasteiger partial charge on any atom is 0.131 e. The van der Waals surface area contributed by atoms with Gasteiger partial charge in [-0.05, 0) is 25.0 Å². The second kappa shape index (κ2) is 2.20. The molecule has 0 atom stereocenters. The van der Waals surface area contributed by atoms with Gasteiger partial charge in [0.2, 0.25) is 0 Å². The Balaban J connectivity index is 2.55. The molecular formula is C9H10FNO. The molecule has 3 N–H and O–H groups in total. The van der Waals surface area contributed by atoms with Gasteiger partial charge in [-0.15, -0.1) is 0 Å². The maximum atomic E-state index is 13.1. The minimum atomic E-state index is -0.602. The molecule has 1 aliphatic carbocycles. The molecule has 0 heterocycles. The highest BCUT2D eigenvalue weighted by atomic mass is 19.1. The second-order valence-corrected chi connectivity index (χ2v) is 3.29. The first kappa shape index (κ1) is 7.55. The summed E-state index contributed by atoms with van der Waals surface area (Å²) in [6.45, 7) is 0. The van der Waals surface area contributed by atoms with Crippen molar-refractivity contribution in [3.8, 4) is 5.75 Å². The van der Waals surface area contributed by atoms with Crippen molar-refractivity contribution in [1.82, 2.24) is 0 Å². The Bertz CT molecular complexity index is 300. The SMILES string of the molecule is NC1(c2c(O)cccc2F)CC1. The topological polar surface area (TPSA) is 46.2 Å². The van der Waals surface area contributed by atoms with Crippen LogP contribution in [0.2, 0.25) is 0 Å². The molecule has 0 spiro atoms. The van der Waals surface area contributed by atoms with Gasteiger partial charge in [0.25, 0.3) is 0 Å². The van der Waals surface area contributed by atoms with E-state index in [1.807, 2.05) is 0 Å². The van der Waals surface area contributed by atoms with Crippen molar-refractivity contribution in [2.45, 2.75) is 18.4 Å². The highest BCUT2D eigenvalue weighted by Crippen LogP contribution is 2.47. The average Bonchev–Trinajstić information content (AvgIpc) is 2.68. The number of rotatable bonds is 1. The highest BCUT2D eigenvalue weighted by Gasteiger charge is 2.43. The molecule has 0 aromatic heterocycles. The lowest BCUT2D eigenvalue weighted by atomic mass is 10.0. The molecule has 1 aliphatic rings. The molecule has 0 aliphatic heterocycles. The van der Waals surface area contributed by atoms with E-state index in [9.17, 15) is 9.50 Å². The van der Waals surface area contributed by atoms with Crippen molar-refractivity contribution in [3.05, 3.63) is 29.6 Å². The van der Waals surface area contributed by atoms with Crippen LogP contribution < -0.4 is 5.73 Å². The van der Waals surface area contributed by atoms with Crippen LogP contribution in [0.5, 0.6) is 5.75 Å². The van der Waals surface area contributed by atoms with E-state index in [0.717, 1.165) is 12.8 Å². The standard InChI is InChI=1S/C9H10FNO/c10-6-2-1-3-7(12)8(6)9(11)4-5-9/h1-3,12H,4-5,11H2. The fourth-order valence-corrected chi connectivity index (χ4v) is 1.39. The first-order valence-electron chi connectivity index (χ1n) is 3.90. The summed E-state index contributed by atoms with van der Waals surface area (Å²) in [4.78, 5) is 0. The van der Waals surface area contributed by atoms with E-state index in [0.29, 0.717) is 0 Å². The molecule has 0 radical (unpaired) electrons. The Morgan fingerprint density at radius 1 is 1.42 bits per heavy atom. The number of nitrogens with two attached hydrogens (primary N) is 1. The van der Waals surface area contributed by atoms with E-state index in [-0.39, 0.29) is 11.3 Å². The number of aromatic hydroxyl groups is 1. The summed E-state index contributed by atoms with van der Waals surface area (Å²) in [6, 6.07) is 4.26. The first-order valence-corrected chi connectivity index (χ1v) is 3.90. The molecule has 2 nitrogen and oxygen atoms in total. The Morgan fingerprint density at radius 2 is 2.08 bits per heavy atom. The van der Waals surface area contributed by atoms with Crippen molar-refractivity contribution < 1.29 is 9.50 Å². The van der Waals surface area contributed by atoms with Crippen LogP contribution in [0.1, 0.15) is 18.4 Å². The van der Waals surface area contributed by atoms with Crippen LogP contribution in [0.3, 0.4) is 0 Å². The number of halogens is 1. The van der Waals surface area contributed by atoms with Crippen LogP contribution >= 0.6 is 0 Å². The molecule has 64 valence electrons. The van der Waals surface area contributed by atoms with Crippen molar-refractivity contribution in [3.63, 3.8) is 0 Å². The summed E-state index contributed by atoms with van der Waals surface area (Å²) in [6.07, 6.45) is 1.50. The lowest BCUT2D eigenvalue weighted by molar-refractivity contribution is 0.446. The third-order valence-electron chi connectivity index (χ3n) is 2.28. The third-order valence-corrected chi connectivity index (χ3v) is 2.28. The molecule has 0 bridgehead atoms. The zero-order valence-electron chi connectivity index (χ0n) is 6.55. The normalized spacial score (nSPS) is 19.2. The van der Waals surface area contributed by atoms with Gasteiger partial charge in [-0.2, -0.15) is 0 Å². The zero-order chi connectivity index (χ0) is 8.77. The lowest BCUT2D eigenvalue weighted by Crippen LogP contribution is -2.20. The molecule has 0 saturated heterocycles. The first-order chi connectivity index (χ1) is 5.63. The molecule has 0 amide bonds. The quantitative estimate of drug-likeness (QED) is 0.665. The molecule has 1 aromatic carbocycles. The molecule has 1 saturated carbocycles. The molecular weight excluding hydrogens is 157 g/mol. The van der Waals surface area contributed by atoms with Crippen molar-refractivity contribution in [1.29, 1.82) is 0 Å². The van der Waals surface area contributed by atoms with Crippen LogP contribution in [-0.2, 0) is 5.54 Å². The number of benzene rings is 1. The molecule has 3 heteroatoms. The minimum absolute atomic E-state index is 0.0324. The van der Waals surface area contributed by atoms with E-state index in [1.165, 1.54) is 18.2 Å². The van der Waals surface area contributed by atoms with Gasteiger partial charge in [0.05, 0.1) is 0 Å². The average molecular weight is 167 g/mol. The van der Waals surface area contributed by atoms with Crippen LogP contribution in [0.4, 0.5) is 4.39 Å². The lowest BCUT2D eigenvalue weighted by Gasteiger charge is -2.11. The molecule has 0 unspecified atom stereocenters. The van der Waals surface area contributed by atoms with Gasteiger partial charge in [-0.25, -0.2) is 4.39 Å². The number of hydrogen-bond acceptors (Lipinski definition) is 2. The molecule has 1 aromatic rings. The van der Waals surface area contributed by atoms with E-state index in [1.54, 1.807) is 0 Å². The molecule has 2 rings (SSSR count). The van der Waals surface area contributed by atoms with Crippen LogP contribution in [-0.4, -0.2) is 5.11 Å². The predicted octanol–water partition coefficient (Wildman–Crippen LogP) is 1.48. The second-order valence-electron chi connectivity index (χ2n) is 3.29. The summed E-state index contributed by atoms with van der Waals surface area (Å²) in [5, 5.41) is 9.35. The van der Waals surface area contributed by atoms with Gasteiger partial charge >= 0.3 is 0 Å². The number of hydrogen-bond donors (Lipinski definition) is 2. The third kappa shape index (κ3) is 0.975. The van der Waals surface area contributed by atoms with Crippen molar-refractivity contribution in [2.75, 3.05) is 0 Å². The summed E-state index contributed by atoms with van der Waals surface area (Å²) >= 11 is 0. The molecule has 1 fully saturated rings. The van der Waals surface area contributed by atoms with E-state index >= 15 is 0 Å². The Kier molecular flexibility index (Phi) is 1.38. The Labute approximate surface area is 69.8 Å².